The zero-order valence-corrected chi connectivity index (χ0v) is 12.5. The second-order valence-corrected chi connectivity index (χ2v) is 5.09. The minimum atomic E-state index is -7.48. The highest BCUT2D eigenvalue weighted by molar-refractivity contribution is 5.02. The zero-order valence-electron chi connectivity index (χ0n) is 12.5. The third-order valence-electron chi connectivity index (χ3n) is 2.97. The third kappa shape index (κ3) is 5.07. The monoisotopic (exact) mass is 482 g/mol. The lowest BCUT2D eigenvalue weighted by molar-refractivity contribution is -0.411. The van der Waals surface area contributed by atoms with Crippen molar-refractivity contribution < 1.29 is 83.8 Å². The van der Waals surface area contributed by atoms with Gasteiger partial charge in [-0.2, -0.15) is 61.5 Å². The Bertz CT molecular complexity index is 496. The van der Waals surface area contributed by atoms with E-state index in [1.165, 1.54) is 0 Å². The van der Waals surface area contributed by atoms with Gasteiger partial charge in [0.15, 0.2) is 0 Å². The van der Waals surface area contributed by atoms with E-state index in [2.05, 4.69) is 4.74 Å². The fourth-order valence-electron chi connectivity index (χ4n) is 1.50. The van der Waals surface area contributed by atoms with E-state index < -0.39 is 61.1 Å². The minimum Gasteiger partial charge on any atom is -0.348 e. The van der Waals surface area contributed by atoms with Gasteiger partial charge >= 0.3 is 48.9 Å². The van der Waals surface area contributed by atoms with E-state index in [4.69, 9.17) is 0 Å². The summed E-state index contributed by atoms with van der Waals surface area (Å²) < 4.78 is 228. The van der Waals surface area contributed by atoms with Gasteiger partial charge in [-0.3, -0.25) is 0 Å². The SMILES string of the molecule is FC(F)C(F)(F)C(OC(C(F)(F)C(F)F)C(F)(F)C(F)(F)F)C(F)(F)C(F)(F)F. The van der Waals surface area contributed by atoms with Crippen LogP contribution in [-0.2, 0) is 4.74 Å². The maximum atomic E-state index is 13.1. The third-order valence-corrected chi connectivity index (χ3v) is 2.97. The number of halogens is 18. The molecule has 0 aromatic rings. The van der Waals surface area contributed by atoms with Crippen LogP contribution >= 0.6 is 0 Å². The van der Waals surface area contributed by atoms with E-state index in [0.29, 0.717) is 0 Å². The molecular weight excluding hydrogens is 478 g/mol. The molecular formula is C10H4F18O. The minimum absolute atomic E-state index is 2.09. The van der Waals surface area contributed by atoms with Crippen LogP contribution in [-0.4, -0.2) is 61.1 Å². The molecule has 0 spiro atoms. The number of hydrogen-bond acceptors (Lipinski definition) is 1. The lowest BCUT2D eigenvalue weighted by atomic mass is 10.0. The van der Waals surface area contributed by atoms with Crippen LogP contribution in [0.1, 0.15) is 0 Å². The zero-order chi connectivity index (χ0) is 24.0. The quantitative estimate of drug-likeness (QED) is 0.390. The van der Waals surface area contributed by atoms with Gasteiger partial charge in [0.05, 0.1) is 0 Å². The van der Waals surface area contributed by atoms with E-state index in [9.17, 15) is 79.0 Å². The molecule has 0 aliphatic rings. The smallest absolute Gasteiger partial charge is 0.348 e. The topological polar surface area (TPSA) is 9.23 Å². The molecule has 0 aliphatic carbocycles. The predicted octanol–water partition coefficient (Wildman–Crippen LogP) is 5.94. The van der Waals surface area contributed by atoms with Crippen LogP contribution in [0.5, 0.6) is 0 Å². The first-order valence-corrected chi connectivity index (χ1v) is 6.22. The molecule has 0 rings (SSSR count). The van der Waals surface area contributed by atoms with Crippen molar-refractivity contribution in [2.45, 2.75) is 61.1 Å². The van der Waals surface area contributed by atoms with Crippen molar-refractivity contribution in [2.24, 2.45) is 0 Å². The summed E-state index contributed by atoms with van der Waals surface area (Å²) in [7, 11) is 0. The molecule has 0 radical (unpaired) electrons. The van der Waals surface area contributed by atoms with Crippen LogP contribution in [0.25, 0.3) is 0 Å². The van der Waals surface area contributed by atoms with Crippen molar-refractivity contribution >= 4 is 0 Å². The van der Waals surface area contributed by atoms with Gasteiger partial charge in [-0.05, 0) is 0 Å². The van der Waals surface area contributed by atoms with Gasteiger partial charge in [0.25, 0.3) is 0 Å². The van der Waals surface area contributed by atoms with Crippen LogP contribution in [0.3, 0.4) is 0 Å². The van der Waals surface area contributed by atoms with Crippen molar-refractivity contribution in [1.82, 2.24) is 0 Å². The number of alkyl halides is 18. The Morgan fingerprint density at radius 1 is 0.414 bits per heavy atom. The van der Waals surface area contributed by atoms with Crippen LogP contribution in [0, 0.1) is 0 Å². The van der Waals surface area contributed by atoms with Gasteiger partial charge in [-0.15, -0.1) is 0 Å². The lowest BCUT2D eigenvalue weighted by Gasteiger charge is -2.40. The van der Waals surface area contributed by atoms with E-state index in [0.717, 1.165) is 0 Å². The lowest BCUT2D eigenvalue weighted by Crippen LogP contribution is -2.66. The molecule has 0 aromatic carbocycles. The maximum Gasteiger partial charge on any atom is 0.456 e. The number of rotatable bonds is 8. The first-order valence-electron chi connectivity index (χ1n) is 6.22. The molecule has 0 amide bonds. The van der Waals surface area contributed by atoms with Crippen molar-refractivity contribution in [2.75, 3.05) is 0 Å². The van der Waals surface area contributed by atoms with Gasteiger partial charge in [-0.25, -0.2) is 17.6 Å². The highest BCUT2D eigenvalue weighted by Crippen LogP contribution is 2.52. The molecule has 176 valence electrons. The molecule has 2 unspecified atom stereocenters. The summed E-state index contributed by atoms with van der Waals surface area (Å²) in [5, 5.41) is 0. The molecule has 0 saturated heterocycles. The molecule has 0 N–H and O–H groups in total. The first kappa shape index (κ1) is 27.7. The summed E-state index contributed by atoms with van der Waals surface area (Å²) in [6, 6.07) is 0. The van der Waals surface area contributed by atoms with E-state index in [1.807, 2.05) is 0 Å². The molecule has 0 aliphatic heterocycles. The van der Waals surface area contributed by atoms with E-state index in [1.54, 1.807) is 0 Å². The van der Waals surface area contributed by atoms with Gasteiger partial charge in [0, 0.05) is 0 Å². The average Bonchev–Trinajstić information content (AvgIpc) is 2.43. The Morgan fingerprint density at radius 2 is 0.621 bits per heavy atom. The highest BCUT2D eigenvalue weighted by atomic mass is 19.4. The van der Waals surface area contributed by atoms with Crippen molar-refractivity contribution in [3.63, 3.8) is 0 Å². The Morgan fingerprint density at radius 3 is 0.759 bits per heavy atom. The number of hydrogen-bond donors (Lipinski definition) is 0. The number of ether oxygens (including phenoxy) is 1. The summed E-state index contributed by atoms with van der Waals surface area (Å²) in [4.78, 5) is 0. The van der Waals surface area contributed by atoms with Gasteiger partial charge in [-0.1, -0.05) is 0 Å². The van der Waals surface area contributed by atoms with Crippen molar-refractivity contribution in [1.29, 1.82) is 0 Å². The predicted molar refractivity (Wildman–Crippen MR) is 52.6 cm³/mol. The molecule has 19 heteroatoms. The van der Waals surface area contributed by atoms with Gasteiger partial charge < -0.3 is 4.74 Å². The molecule has 0 heterocycles. The van der Waals surface area contributed by atoms with Crippen LogP contribution in [0.4, 0.5) is 79.0 Å². The Hall–Kier alpha value is -1.30. The Balaban J connectivity index is 6.79. The molecule has 0 bridgehead atoms. The van der Waals surface area contributed by atoms with Crippen molar-refractivity contribution in [3.8, 4) is 0 Å². The van der Waals surface area contributed by atoms with E-state index in [-0.39, 0.29) is 0 Å². The van der Waals surface area contributed by atoms with Gasteiger partial charge in [0.1, 0.15) is 0 Å². The van der Waals surface area contributed by atoms with Crippen LogP contribution in [0.15, 0.2) is 0 Å². The fraction of sp³-hybridized carbons (Fsp3) is 1.00. The van der Waals surface area contributed by atoms with Crippen LogP contribution in [0.2, 0.25) is 0 Å². The van der Waals surface area contributed by atoms with Gasteiger partial charge in [0.2, 0.25) is 12.2 Å². The van der Waals surface area contributed by atoms with Crippen molar-refractivity contribution in [3.05, 3.63) is 0 Å². The standard InChI is InChI=1S/C10H4F18O/c11-3(12)5(15,16)1(7(19,20)9(23,24)25)29-2(6(17,18)4(13)14)8(21,22)10(26,27)28/h1-4H. The molecule has 0 aromatic heterocycles. The summed E-state index contributed by atoms with van der Waals surface area (Å²) in [5.41, 5.74) is 0. The average molecular weight is 482 g/mol. The second-order valence-electron chi connectivity index (χ2n) is 5.09. The summed E-state index contributed by atoms with van der Waals surface area (Å²) in [6.07, 6.45) is -38.8. The molecule has 0 saturated carbocycles. The molecule has 2 atom stereocenters. The normalized spacial score (nSPS) is 17.8. The molecule has 0 fully saturated rings. The summed E-state index contributed by atoms with van der Waals surface area (Å²) in [6.45, 7) is 0. The molecule has 29 heavy (non-hydrogen) atoms. The van der Waals surface area contributed by atoms with E-state index >= 15 is 0 Å². The largest absolute Gasteiger partial charge is 0.456 e. The Kier molecular flexibility index (Phi) is 7.40. The molecule has 1 nitrogen and oxygen atoms in total. The fourth-order valence-corrected chi connectivity index (χ4v) is 1.50. The van der Waals surface area contributed by atoms with Crippen LogP contribution < -0.4 is 0 Å². The summed E-state index contributed by atoms with van der Waals surface area (Å²) >= 11 is 0. The Labute approximate surface area is 146 Å². The maximum absolute atomic E-state index is 13.1. The second kappa shape index (κ2) is 7.75. The highest BCUT2D eigenvalue weighted by Gasteiger charge is 2.78. The summed E-state index contributed by atoms with van der Waals surface area (Å²) in [5.74, 6) is -29.0. The first-order chi connectivity index (χ1) is 12.4.